The summed E-state index contributed by atoms with van der Waals surface area (Å²) < 4.78 is 42.6. The number of carbonyl (C=O) groups excluding carboxylic acids is 1. The van der Waals surface area contributed by atoms with Crippen LogP contribution in [0.2, 0.25) is 0 Å². The molecular formula is C11H11F3O3. The van der Waals surface area contributed by atoms with Gasteiger partial charge in [0.15, 0.2) is 17.3 Å². The first-order chi connectivity index (χ1) is 7.79. The fourth-order valence-electron chi connectivity index (χ4n) is 1.37. The van der Waals surface area contributed by atoms with Crippen LogP contribution in [0.3, 0.4) is 0 Å². The molecule has 0 bridgehead atoms. The van der Waals surface area contributed by atoms with Gasteiger partial charge in [0.05, 0.1) is 12.2 Å². The molecule has 1 rings (SSSR count). The summed E-state index contributed by atoms with van der Waals surface area (Å²) in [6.07, 6.45) is -4.64. The zero-order chi connectivity index (χ0) is 13.2. The lowest BCUT2D eigenvalue weighted by Gasteiger charge is -2.15. The number of hydrogen-bond acceptors (Lipinski definition) is 3. The number of ether oxygens (including phenoxy) is 1. The zero-order valence-corrected chi connectivity index (χ0v) is 9.26. The first-order valence-corrected chi connectivity index (χ1v) is 4.86. The van der Waals surface area contributed by atoms with E-state index in [0.29, 0.717) is 0 Å². The number of benzene rings is 1. The van der Waals surface area contributed by atoms with Crippen molar-refractivity contribution in [3.8, 4) is 11.5 Å². The summed E-state index contributed by atoms with van der Waals surface area (Å²) in [5.74, 6) is -2.00. The Bertz CT molecular complexity index is 438. The van der Waals surface area contributed by atoms with Crippen molar-refractivity contribution in [1.82, 2.24) is 0 Å². The van der Waals surface area contributed by atoms with Crippen molar-refractivity contribution in [3.05, 3.63) is 23.3 Å². The Hall–Kier alpha value is -1.72. The molecule has 3 nitrogen and oxygen atoms in total. The van der Waals surface area contributed by atoms with E-state index in [1.54, 1.807) is 0 Å². The molecule has 0 unspecified atom stereocenters. The van der Waals surface area contributed by atoms with Gasteiger partial charge in [-0.25, -0.2) is 0 Å². The highest BCUT2D eigenvalue weighted by Crippen LogP contribution is 2.42. The highest BCUT2D eigenvalue weighted by atomic mass is 19.4. The molecule has 1 aromatic carbocycles. The van der Waals surface area contributed by atoms with Gasteiger partial charge in [0.25, 0.3) is 0 Å². The predicted molar refractivity (Wildman–Crippen MR) is 54.3 cm³/mol. The summed E-state index contributed by atoms with van der Waals surface area (Å²) >= 11 is 0. The van der Waals surface area contributed by atoms with Gasteiger partial charge in [-0.2, -0.15) is 13.2 Å². The van der Waals surface area contributed by atoms with Crippen molar-refractivity contribution in [2.75, 3.05) is 6.61 Å². The van der Waals surface area contributed by atoms with Gasteiger partial charge in [-0.15, -0.1) is 0 Å². The number of carbonyl (C=O) groups is 1. The number of aromatic hydroxyl groups is 1. The van der Waals surface area contributed by atoms with E-state index in [1.807, 2.05) is 0 Å². The van der Waals surface area contributed by atoms with Crippen LogP contribution in [0.25, 0.3) is 0 Å². The summed E-state index contributed by atoms with van der Waals surface area (Å²) in [7, 11) is 0. The van der Waals surface area contributed by atoms with E-state index < -0.39 is 29.0 Å². The summed E-state index contributed by atoms with van der Waals surface area (Å²) in [5.41, 5.74) is -1.29. The molecule has 0 atom stereocenters. The molecule has 0 heterocycles. The minimum Gasteiger partial charge on any atom is -0.504 e. The quantitative estimate of drug-likeness (QED) is 0.836. The molecule has 1 N–H and O–H groups in total. The Kier molecular flexibility index (Phi) is 3.65. The third-order valence-corrected chi connectivity index (χ3v) is 2.10. The molecule has 0 amide bonds. The molecule has 0 aliphatic rings. The molecule has 1 aromatic rings. The van der Waals surface area contributed by atoms with Gasteiger partial charge in [-0.1, -0.05) is 0 Å². The maximum absolute atomic E-state index is 12.6. The van der Waals surface area contributed by atoms with E-state index in [9.17, 15) is 23.1 Å². The lowest BCUT2D eigenvalue weighted by Crippen LogP contribution is -2.10. The molecule has 0 aliphatic heterocycles. The van der Waals surface area contributed by atoms with Crippen LogP contribution in [-0.4, -0.2) is 17.5 Å². The Balaban J connectivity index is 3.45. The normalized spacial score (nSPS) is 11.4. The molecule has 0 saturated carbocycles. The minimum absolute atomic E-state index is 0.0437. The number of ketones is 1. The maximum atomic E-state index is 12.6. The van der Waals surface area contributed by atoms with E-state index >= 15 is 0 Å². The van der Waals surface area contributed by atoms with Gasteiger partial charge in [-0.3, -0.25) is 4.79 Å². The number of phenolic OH excluding ortho intramolecular Hbond substituents is 1. The molecule has 94 valence electrons. The van der Waals surface area contributed by atoms with Gasteiger partial charge in [0.2, 0.25) is 0 Å². The van der Waals surface area contributed by atoms with Crippen LogP contribution in [0.15, 0.2) is 12.1 Å². The van der Waals surface area contributed by atoms with E-state index in [2.05, 4.69) is 0 Å². The SMILES string of the molecule is CCOc1c(C(F)(F)F)ccc(C(C)=O)c1O. The number of Topliss-reactive ketones (excluding diaryl/α,β-unsaturated/α-hetero) is 1. The van der Waals surface area contributed by atoms with Crippen molar-refractivity contribution in [2.45, 2.75) is 20.0 Å². The van der Waals surface area contributed by atoms with Gasteiger partial charge < -0.3 is 9.84 Å². The lowest BCUT2D eigenvalue weighted by molar-refractivity contribution is -0.139. The lowest BCUT2D eigenvalue weighted by atomic mass is 10.1. The average molecular weight is 248 g/mol. The van der Waals surface area contributed by atoms with E-state index in [1.165, 1.54) is 6.92 Å². The molecule has 0 spiro atoms. The number of halogens is 3. The molecule has 6 heteroatoms. The maximum Gasteiger partial charge on any atom is 0.420 e. The Morgan fingerprint density at radius 1 is 1.41 bits per heavy atom. The van der Waals surface area contributed by atoms with Crippen LogP contribution in [0.5, 0.6) is 11.5 Å². The first-order valence-electron chi connectivity index (χ1n) is 4.86. The Morgan fingerprint density at radius 3 is 2.41 bits per heavy atom. The number of rotatable bonds is 3. The second-order valence-electron chi connectivity index (χ2n) is 3.33. The predicted octanol–water partition coefficient (Wildman–Crippen LogP) is 3.01. The smallest absolute Gasteiger partial charge is 0.420 e. The summed E-state index contributed by atoms with van der Waals surface area (Å²) in [4.78, 5) is 11.1. The second-order valence-corrected chi connectivity index (χ2v) is 3.33. The van der Waals surface area contributed by atoms with Crippen LogP contribution in [0.4, 0.5) is 13.2 Å². The van der Waals surface area contributed by atoms with Crippen LogP contribution >= 0.6 is 0 Å². The van der Waals surface area contributed by atoms with Crippen molar-refractivity contribution in [1.29, 1.82) is 0 Å². The number of alkyl halides is 3. The summed E-state index contributed by atoms with van der Waals surface area (Å²) in [6.45, 7) is 2.59. The summed E-state index contributed by atoms with van der Waals surface area (Å²) in [6, 6.07) is 1.66. The van der Waals surface area contributed by atoms with Crippen LogP contribution in [0.1, 0.15) is 29.8 Å². The number of hydrogen-bond donors (Lipinski definition) is 1. The standard InChI is InChI=1S/C11H11F3O3/c1-3-17-10-8(11(12,13)14)5-4-7(6(2)15)9(10)16/h4-5,16H,3H2,1-2H3. The Labute approximate surface area is 95.8 Å². The van der Waals surface area contributed by atoms with Crippen molar-refractivity contribution >= 4 is 5.78 Å². The van der Waals surface area contributed by atoms with Gasteiger partial charge in [0.1, 0.15) is 5.56 Å². The molecule has 0 aliphatic carbocycles. The van der Waals surface area contributed by atoms with Crippen molar-refractivity contribution in [3.63, 3.8) is 0 Å². The summed E-state index contributed by atoms with van der Waals surface area (Å²) in [5, 5.41) is 9.59. The van der Waals surface area contributed by atoms with Gasteiger partial charge in [0, 0.05) is 0 Å². The van der Waals surface area contributed by atoms with Crippen LogP contribution in [0, 0.1) is 0 Å². The van der Waals surface area contributed by atoms with Crippen LogP contribution < -0.4 is 4.74 Å². The minimum atomic E-state index is -4.64. The topological polar surface area (TPSA) is 46.5 Å². The third-order valence-electron chi connectivity index (χ3n) is 2.10. The molecule has 0 radical (unpaired) electrons. The molecule has 0 aromatic heterocycles. The van der Waals surface area contributed by atoms with Crippen molar-refractivity contribution in [2.24, 2.45) is 0 Å². The Morgan fingerprint density at radius 2 is 2.00 bits per heavy atom. The molecule has 17 heavy (non-hydrogen) atoms. The first kappa shape index (κ1) is 13.3. The largest absolute Gasteiger partial charge is 0.504 e. The molecular weight excluding hydrogens is 237 g/mol. The highest BCUT2D eigenvalue weighted by molar-refractivity contribution is 5.97. The average Bonchev–Trinajstić information content (AvgIpc) is 2.18. The molecule has 0 saturated heterocycles. The fourth-order valence-corrected chi connectivity index (χ4v) is 1.37. The van der Waals surface area contributed by atoms with E-state index in [-0.39, 0.29) is 12.2 Å². The van der Waals surface area contributed by atoms with Crippen LogP contribution in [-0.2, 0) is 6.18 Å². The third kappa shape index (κ3) is 2.69. The monoisotopic (exact) mass is 248 g/mol. The fraction of sp³-hybridized carbons (Fsp3) is 0.364. The van der Waals surface area contributed by atoms with Crippen molar-refractivity contribution < 1.29 is 27.8 Å². The highest BCUT2D eigenvalue weighted by Gasteiger charge is 2.36. The van der Waals surface area contributed by atoms with Gasteiger partial charge in [-0.05, 0) is 26.0 Å². The van der Waals surface area contributed by atoms with Gasteiger partial charge >= 0.3 is 6.18 Å². The number of phenols is 1. The zero-order valence-electron chi connectivity index (χ0n) is 9.26. The van der Waals surface area contributed by atoms with E-state index in [4.69, 9.17) is 4.74 Å². The molecule has 0 fully saturated rings. The second kappa shape index (κ2) is 4.65. The van der Waals surface area contributed by atoms with E-state index in [0.717, 1.165) is 19.1 Å².